The molecular formula is C21H30O3Si. The molecule has 0 aliphatic rings. The predicted octanol–water partition coefficient (Wildman–Crippen LogP) is 6.18. The first-order chi connectivity index (χ1) is 11.3. The first-order valence-corrected chi connectivity index (χ1v) is 11.7. The van der Waals surface area contributed by atoms with Crippen molar-refractivity contribution in [2.75, 3.05) is 0 Å². The van der Waals surface area contributed by atoms with E-state index in [9.17, 15) is 4.79 Å². The van der Waals surface area contributed by atoms with Crippen molar-refractivity contribution in [1.29, 1.82) is 0 Å². The van der Waals surface area contributed by atoms with E-state index in [4.69, 9.17) is 9.16 Å². The van der Waals surface area contributed by atoms with Gasteiger partial charge >= 0.3 is 5.97 Å². The number of hydrogen-bond acceptors (Lipinski definition) is 3. The van der Waals surface area contributed by atoms with E-state index in [-0.39, 0.29) is 11.0 Å². The number of carbonyl (C=O) groups is 1. The smallest absolute Gasteiger partial charge is 0.316 e. The number of esters is 1. The zero-order valence-corrected chi connectivity index (χ0v) is 17.7. The van der Waals surface area contributed by atoms with E-state index in [1.54, 1.807) is 0 Å². The lowest BCUT2D eigenvalue weighted by atomic mass is 9.97. The van der Waals surface area contributed by atoms with E-state index >= 15 is 0 Å². The van der Waals surface area contributed by atoms with Gasteiger partial charge in [0.15, 0.2) is 0 Å². The molecule has 0 aliphatic carbocycles. The highest BCUT2D eigenvalue weighted by Crippen LogP contribution is 2.38. The van der Waals surface area contributed by atoms with Gasteiger partial charge in [-0.15, -0.1) is 0 Å². The molecule has 0 radical (unpaired) electrons. The van der Waals surface area contributed by atoms with Gasteiger partial charge in [-0.3, -0.25) is 4.79 Å². The van der Waals surface area contributed by atoms with Gasteiger partial charge in [0.05, 0.1) is 5.41 Å². The third-order valence-corrected chi connectivity index (χ3v) is 9.14. The van der Waals surface area contributed by atoms with Gasteiger partial charge in [-0.1, -0.05) is 32.9 Å². The summed E-state index contributed by atoms with van der Waals surface area (Å²) in [6.07, 6.45) is 0. The molecule has 0 saturated carbocycles. The number of rotatable bonds is 3. The quantitative estimate of drug-likeness (QED) is 0.373. The standard InChI is InChI=1S/C21H30O3Si/c1-20(2,3)19(22)23-17-11-9-15-10-12-18(14-16(15)13-17)24-25(7,8)21(4,5)6/h9-14H,1-8H3. The molecule has 3 nitrogen and oxygen atoms in total. The van der Waals surface area contributed by atoms with Gasteiger partial charge in [0.1, 0.15) is 11.5 Å². The molecule has 25 heavy (non-hydrogen) atoms. The van der Waals surface area contributed by atoms with E-state index in [0.29, 0.717) is 5.75 Å². The van der Waals surface area contributed by atoms with Crippen molar-refractivity contribution in [3.8, 4) is 11.5 Å². The number of benzene rings is 2. The molecule has 136 valence electrons. The first-order valence-electron chi connectivity index (χ1n) is 8.75. The molecule has 0 amide bonds. The molecule has 4 heteroatoms. The van der Waals surface area contributed by atoms with Crippen molar-refractivity contribution in [2.45, 2.75) is 59.7 Å². The van der Waals surface area contributed by atoms with Crippen LogP contribution in [0.25, 0.3) is 10.8 Å². The fourth-order valence-corrected chi connectivity index (χ4v) is 3.06. The molecule has 2 aromatic carbocycles. The van der Waals surface area contributed by atoms with Crippen LogP contribution in [0.5, 0.6) is 11.5 Å². The van der Waals surface area contributed by atoms with Crippen LogP contribution in [-0.2, 0) is 4.79 Å². The molecule has 0 aliphatic heterocycles. The van der Waals surface area contributed by atoms with Gasteiger partial charge in [-0.05, 0) is 73.9 Å². The molecule has 0 bridgehead atoms. The van der Waals surface area contributed by atoms with Crippen molar-refractivity contribution >= 4 is 25.1 Å². The maximum Gasteiger partial charge on any atom is 0.316 e. The summed E-state index contributed by atoms with van der Waals surface area (Å²) in [6.45, 7) is 16.7. The topological polar surface area (TPSA) is 35.5 Å². The Kier molecular flexibility index (Phi) is 5.06. The SMILES string of the molecule is CC(C)(C)C(=O)Oc1ccc2ccc(O[Si](C)(C)C(C)(C)C)cc2c1. The summed E-state index contributed by atoms with van der Waals surface area (Å²) in [5, 5.41) is 2.25. The van der Waals surface area contributed by atoms with Crippen LogP contribution in [0.2, 0.25) is 18.1 Å². The second-order valence-corrected chi connectivity index (χ2v) is 13.9. The van der Waals surface area contributed by atoms with E-state index in [1.165, 1.54) is 0 Å². The van der Waals surface area contributed by atoms with E-state index in [0.717, 1.165) is 16.5 Å². The third-order valence-electron chi connectivity index (χ3n) is 4.79. The Morgan fingerprint density at radius 2 is 1.36 bits per heavy atom. The molecule has 0 atom stereocenters. The molecule has 0 unspecified atom stereocenters. The summed E-state index contributed by atoms with van der Waals surface area (Å²) in [6, 6.07) is 11.8. The van der Waals surface area contributed by atoms with Crippen LogP contribution in [0.3, 0.4) is 0 Å². The number of fused-ring (bicyclic) bond motifs is 1. The monoisotopic (exact) mass is 358 g/mol. The van der Waals surface area contributed by atoms with Gasteiger partial charge in [0, 0.05) is 0 Å². The molecule has 0 spiro atoms. The summed E-state index contributed by atoms with van der Waals surface area (Å²) >= 11 is 0. The van der Waals surface area contributed by atoms with Crippen LogP contribution in [0, 0.1) is 5.41 Å². The lowest BCUT2D eigenvalue weighted by molar-refractivity contribution is -0.142. The summed E-state index contributed by atoms with van der Waals surface area (Å²) < 4.78 is 11.9. The van der Waals surface area contributed by atoms with Gasteiger partial charge in [-0.2, -0.15) is 0 Å². The molecule has 0 saturated heterocycles. The summed E-state index contributed by atoms with van der Waals surface area (Å²) in [5.74, 6) is 1.20. The number of hydrogen-bond donors (Lipinski definition) is 0. The number of ether oxygens (including phenoxy) is 1. The highest BCUT2D eigenvalue weighted by Gasteiger charge is 2.38. The van der Waals surface area contributed by atoms with Crippen molar-refractivity contribution in [3.63, 3.8) is 0 Å². The summed E-state index contributed by atoms with van der Waals surface area (Å²) in [5.41, 5.74) is -0.526. The molecule has 0 heterocycles. The van der Waals surface area contributed by atoms with E-state index < -0.39 is 13.7 Å². The molecular weight excluding hydrogens is 328 g/mol. The van der Waals surface area contributed by atoms with Gasteiger partial charge in [0.25, 0.3) is 0 Å². The van der Waals surface area contributed by atoms with Crippen LogP contribution in [0.15, 0.2) is 36.4 Å². The minimum atomic E-state index is -1.88. The maximum absolute atomic E-state index is 12.1. The third kappa shape index (κ3) is 4.63. The molecule has 2 rings (SSSR count). The van der Waals surface area contributed by atoms with Crippen LogP contribution >= 0.6 is 0 Å². The number of carbonyl (C=O) groups excluding carboxylic acids is 1. The molecule has 2 aromatic rings. The van der Waals surface area contributed by atoms with Gasteiger partial charge < -0.3 is 9.16 Å². The maximum atomic E-state index is 12.1. The fraction of sp³-hybridized carbons (Fsp3) is 0.476. The van der Waals surface area contributed by atoms with E-state index in [1.807, 2.05) is 57.2 Å². The van der Waals surface area contributed by atoms with Gasteiger partial charge in [0.2, 0.25) is 8.32 Å². The largest absolute Gasteiger partial charge is 0.543 e. The lowest BCUT2D eigenvalue weighted by Crippen LogP contribution is -2.43. The second-order valence-electron chi connectivity index (χ2n) is 9.17. The minimum absolute atomic E-state index is 0.145. The van der Waals surface area contributed by atoms with Crippen molar-refractivity contribution in [3.05, 3.63) is 36.4 Å². The normalized spacial score (nSPS) is 13.0. The van der Waals surface area contributed by atoms with Crippen LogP contribution in [0.4, 0.5) is 0 Å². The Hall–Kier alpha value is -1.81. The summed E-state index contributed by atoms with van der Waals surface area (Å²) in [7, 11) is -1.88. The van der Waals surface area contributed by atoms with E-state index in [2.05, 4.69) is 33.9 Å². The first kappa shape index (κ1) is 19.5. The Bertz CT molecular complexity index is 780. The molecule has 0 aromatic heterocycles. The zero-order valence-electron chi connectivity index (χ0n) is 16.7. The molecule has 0 fully saturated rings. The average molecular weight is 359 g/mol. The van der Waals surface area contributed by atoms with Crippen molar-refractivity contribution in [2.24, 2.45) is 5.41 Å². The zero-order chi connectivity index (χ0) is 19.0. The van der Waals surface area contributed by atoms with Crippen molar-refractivity contribution < 1.29 is 14.0 Å². The Labute approximate surface area is 152 Å². The Morgan fingerprint density at radius 1 is 0.840 bits per heavy atom. The highest BCUT2D eigenvalue weighted by atomic mass is 28.4. The minimum Gasteiger partial charge on any atom is -0.543 e. The van der Waals surface area contributed by atoms with Crippen LogP contribution in [0.1, 0.15) is 41.5 Å². The highest BCUT2D eigenvalue weighted by molar-refractivity contribution is 6.74. The van der Waals surface area contributed by atoms with Crippen LogP contribution < -0.4 is 9.16 Å². The summed E-state index contributed by atoms with van der Waals surface area (Å²) in [4.78, 5) is 12.1. The Morgan fingerprint density at radius 3 is 1.88 bits per heavy atom. The second kappa shape index (κ2) is 6.49. The van der Waals surface area contributed by atoms with Crippen molar-refractivity contribution in [1.82, 2.24) is 0 Å². The molecule has 0 N–H and O–H groups in total. The fourth-order valence-electron chi connectivity index (χ4n) is 2.04. The van der Waals surface area contributed by atoms with Gasteiger partial charge in [-0.25, -0.2) is 0 Å². The average Bonchev–Trinajstić information content (AvgIpc) is 2.44. The lowest BCUT2D eigenvalue weighted by Gasteiger charge is -2.36. The predicted molar refractivity (Wildman–Crippen MR) is 107 cm³/mol. The van der Waals surface area contributed by atoms with Crippen LogP contribution in [-0.4, -0.2) is 14.3 Å². The Balaban J connectivity index is 2.31.